The van der Waals surface area contributed by atoms with Crippen LogP contribution in [0.4, 0.5) is 13.2 Å². The standard InChI is InChI=1S/C12H15BrF3NO/c1-8-5-10(13)6-9(11(8)18)7-17(2)4-3-12(14,15)16/h5-6,18H,3-4,7H2,1-2H3. The first kappa shape index (κ1) is 15.3. The van der Waals surface area contributed by atoms with E-state index in [2.05, 4.69) is 15.9 Å². The normalized spacial score (nSPS) is 12.2. The second-order valence-electron chi connectivity index (χ2n) is 4.33. The van der Waals surface area contributed by atoms with Crippen LogP contribution in [0.3, 0.4) is 0 Å². The van der Waals surface area contributed by atoms with Crippen LogP contribution >= 0.6 is 15.9 Å². The molecule has 0 bridgehead atoms. The molecule has 0 saturated carbocycles. The number of halogens is 4. The SMILES string of the molecule is Cc1cc(Br)cc(CN(C)CCC(F)(F)F)c1O. The average molecular weight is 326 g/mol. The molecule has 0 saturated heterocycles. The summed E-state index contributed by atoms with van der Waals surface area (Å²) in [6, 6.07) is 3.47. The molecular weight excluding hydrogens is 311 g/mol. The van der Waals surface area contributed by atoms with Crippen LogP contribution in [0.5, 0.6) is 5.75 Å². The van der Waals surface area contributed by atoms with Crippen LogP contribution in [0.2, 0.25) is 0 Å². The van der Waals surface area contributed by atoms with E-state index in [0.717, 1.165) is 4.47 Å². The topological polar surface area (TPSA) is 23.5 Å². The Balaban J connectivity index is 2.67. The summed E-state index contributed by atoms with van der Waals surface area (Å²) in [4.78, 5) is 1.54. The van der Waals surface area contributed by atoms with Crippen molar-refractivity contribution < 1.29 is 18.3 Å². The van der Waals surface area contributed by atoms with Crippen molar-refractivity contribution in [2.24, 2.45) is 0 Å². The molecule has 0 fully saturated rings. The Bertz CT molecular complexity index is 421. The van der Waals surface area contributed by atoms with Crippen LogP contribution in [0.15, 0.2) is 16.6 Å². The Morgan fingerprint density at radius 2 is 1.94 bits per heavy atom. The Labute approximate surface area is 113 Å². The highest BCUT2D eigenvalue weighted by Gasteiger charge is 2.27. The molecule has 0 atom stereocenters. The summed E-state index contributed by atoms with van der Waals surface area (Å²) in [5, 5.41) is 9.83. The van der Waals surface area contributed by atoms with Gasteiger partial charge in [0.25, 0.3) is 0 Å². The fraction of sp³-hybridized carbons (Fsp3) is 0.500. The molecule has 0 amide bonds. The minimum Gasteiger partial charge on any atom is -0.507 e. The van der Waals surface area contributed by atoms with Gasteiger partial charge in [0.15, 0.2) is 0 Å². The van der Waals surface area contributed by atoms with E-state index in [9.17, 15) is 18.3 Å². The number of phenolic OH excluding ortho intramolecular Hbond substituents is 1. The lowest BCUT2D eigenvalue weighted by Gasteiger charge is -2.19. The Kier molecular flexibility index (Phi) is 5.04. The highest BCUT2D eigenvalue weighted by atomic mass is 79.9. The smallest absolute Gasteiger partial charge is 0.390 e. The van der Waals surface area contributed by atoms with Crippen molar-refractivity contribution in [1.29, 1.82) is 0 Å². The predicted octanol–water partition coefficient (Wildman–Crippen LogP) is 3.85. The van der Waals surface area contributed by atoms with Crippen molar-refractivity contribution in [3.8, 4) is 5.75 Å². The van der Waals surface area contributed by atoms with Gasteiger partial charge in [-0.05, 0) is 31.7 Å². The second kappa shape index (κ2) is 5.93. The van der Waals surface area contributed by atoms with Gasteiger partial charge in [0.05, 0.1) is 6.42 Å². The van der Waals surface area contributed by atoms with Crippen LogP contribution in [0, 0.1) is 6.92 Å². The van der Waals surface area contributed by atoms with E-state index in [-0.39, 0.29) is 18.8 Å². The van der Waals surface area contributed by atoms with E-state index < -0.39 is 12.6 Å². The zero-order valence-corrected chi connectivity index (χ0v) is 11.8. The molecule has 1 aromatic carbocycles. The van der Waals surface area contributed by atoms with E-state index >= 15 is 0 Å². The highest BCUT2D eigenvalue weighted by molar-refractivity contribution is 9.10. The van der Waals surface area contributed by atoms with E-state index in [0.29, 0.717) is 11.1 Å². The lowest BCUT2D eigenvalue weighted by molar-refractivity contribution is -0.137. The number of benzene rings is 1. The number of aromatic hydroxyl groups is 1. The largest absolute Gasteiger partial charge is 0.507 e. The van der Waals surface area contributed by atoms with Crippen LogP contribution in [0.1, 0.15) is 17.5 Å². The maximum Gasteiger partial charge on any atom is 0.390 e. The fourth-order valence-electron chi connectivity index (χ4n) is 1.61. The van der Waals surface area contributed by atoms with Crippen molar-refractivity contribution in [2.45, 2.75) is 26.1 Å². The number of rotatable bonds is 4. The molecule has 0 radical (unpaired) electrons. The van der Waals surface area contributed by atoms with Gasteiger partial charge in [-0.2, -0.15) is 13.2 Å². The Morgan fingerprint density at radius 3 is 2.50 bits per heavy atom. The van der Waals surface area contributed by atoms with E-state index in [1.54, 1.807) is 26.1 Å². The zero-order valence-electron chi connectivity index (χ0n) is 10.2. The molecule has 0 aromatic heterocycles. The quantitative estimate of drug-likeness (QED) is 0.909. The second-order valence-corrected chi connectivity index (χ2v) is 5.25. The molecule has 6 heteroatoms. The summed E-state index contributed by atoms with van der Waals surface area (Å²) in [5.41, 5.74) is 1.31. The summed E-state index contributed by atoms with van der Waals surface area (Å²) in [6.45, 7) is 1.94. The van der Waals surface area contributed by atoms with Gasteiger partial charge >= 0.3 is 6.18 Å². The summed E-state index contributed by atoms with van der Waals surface area (Å²) in [6.07, 6.45) is -5.00. The van der Waals surface area contributed by atoms with Crippen molar-refractivity contribution in [1.82, 2.24) is 4.90 Å². The summed E-state index contributed by atoms with van der Waals surface area (Å²) in [5.74, 6) is 0.136. The fourth-order valence-corrected chi connectivity index (χ4v) is 2.23. The van der Waals surface area contributed by atoms with Crippen LogP contribution in [-0.4, -0.2) is 29.8 Å². The zero-order chi connectivity index (χ0) is 13.9. The predicted molar refractivity (Wildman–Crippen MR) is 67.5 cm³/mol. The van der Waals surface area contributed by atoms with E-state index in [4.69, 9.17) is 0 Å². The number of hydrogen-bond donors (Lipinski definition) is 1. The maximum absolute atomic E-state index is 12.1. The molecule has 2 nitrogen and oxygen atoms in total. The highest BCUT2D eigenvalue weighted by Crippen LogP contribution is 2.28. The third-order valence-electron chi connectivity index (χ3n) is 2.56. The lowest BCUT2D eigenvalue weighted by Crippen LogP contribution is -2.24. The lowest BCUT2D eigenvalue weighted by atomic mass is 10.1. The van der Waals surface area contributed by atoms with E-state index in [1.807, 2.05) is 0 Å². The van der Waals surface area contributed by atoms with Crippen molar-refractivity contribution in [3.63, 3.8) is 0 Å². The molecule has 0 aliphatic carbocycles. The first-order valence-electron chi connectivity index (χ1n) is 5.42. The van der Waals surface area contributed by atoms with Gasteiger partial charge in [-0.1, -0.05) is 15.9 Å². The molecule has 1 rings (SSSR count). The van der Waals surface area contributed by atoms with Gasteiger partial charge in [-0.25, -0.2) is 0 Å². The Morgan fingerprint density at radius 1 is 1.33 bits per heavy atom. The minimum absolute atomic E-state index is 0.0888. The number of alkyl halides is 3. The van der Waals surface area contributed by atoms with Crippen LogP contribution in [0.25, 0.3) is 0 Å². The molecule has 1 N–H and O–H groups in total. The third kappa shape index (κ3) is 4.86. The van der Waals surface area contributed by atoms with Crippen LogP contribution in [-0.2, 0) is 6.54 Å². The van der Waals surface area contributed by atoms with Gasteiger partial charge in [0.1, 0.15) is 5.75 Å². The number of hydrogen-bond acceptors (Lipinski definition) is 2. The Hall–Kier alpha value is -0.750. The number of nitrogens with zero attached hydrogens (tertiary/aromatic N) is 1. The first-order chi connectivity index (χ1) is 8.19. The molecule has 102 valence electrons. The minimum atomic E-state index is -4.15. The van der Waals surface area contributed by atoms with Crippen molar-refractivity contribution >= 4 is 15.9 Å². The summed E-state index contributed by atoms with van der Waals surface area (Å²) in [7, 11) is 1.60. The van der Waals surface area contributed by atoms with Gasteiger partial charge in [-0.15, -0.1) is 0 Å². The summed E-state index contributed by atoms with van der Waals surface area (Å²) < 4.78 is 37.0. The molecule has 0 heterocycles. The average Bonchev–Trinajstić information content (AvgIpc) is 2.21. The first-order valence-corrected chi connectivity index (χ1v) is 6.21. The molecule has 0 aliphatic heterocycles. The molecule has 1 aromatic rings. The number of aryl methyl sites for hydroxylation is 1. The molecular formula is C12H15BrF3NO. The van der Waals surface area contributed by atoms with Gasteiger partial charge < -0.3 is 10.0 Å². The molecule has 0 aliphatic rings. The monoisotopic (exact) mass is 325 g/mol. The van der Waals surface area contributed by atoms with Crippen molar-refractivity contribution in [2.75, 3.05) is 13.6 Å². The van der Waals surface area contributed by atoms with Crippen molar-refractivity contribution in [3.05, 3.63) is 27.7 Å². The molecule has 0 unspecified atom stereocenters. The molecule has 18 heavy (non-hydrogen) atoms. The number of phenols is 1. The van der Waals surface area contributed by atoms with Gasteiger partial charge in [0, 0.05) is 23.1 Å². The van der Waals surface area contributed by atoms with Gasteiger partial charge in [0.2, 0.25) is 0 Å². The van der Waals surface area contributed by atoms with E-state index in [1.165, 1.54) is 4.90 Å². The molecule has 0 spiro atoms. The summed E-state index contributed by atoms with van der Waals surface area (Å²) >= 11 is 3.30. The third-order valence-corrected chi connectivity index (χ3v) is 3.02. The van der Waals surface area contributed by atoms with Gasteiger partial charge in [-0.3, -0.25) is 0 Å². The van der Waals surface area contributed by atoms with Crippen LogP contribution < -0.4 is 0 Å². The maximum atomic E-state index is 12.1.